The summed E-state index contributed by atoms with van der Waals surface area (Å²) in [5.74, 6) is -1.21. The van der Waals surface area contributed by atoms with Crippen LogP contribution in [0, 0.1) is 11.8 Å². The van der Waals surface area contributed by atoms with Crippen LogP contribution in [0.25, 0.3) is 11.0 Å². The quantitative estimate of drug-likeness (QED) is 0.239. The van der Waals surface area contributed by atoms with E-state index in [-0.39, 0.29) is 48.5 Å². The minimum Gasteiger partial charge on any atom is -0.460 e. The van der Waals surface area contributed by atoms with Crippen LogP contribution in [-0.2, 0) is 14.3 Å². The first-order chi connectivity index (χ1) is 20.4. The van der Waals surface area contributed by atoms with Gasteiger partial charge in [-0.05, 0) is 67.9 Å². The highest BCUT2D eigenvalue weighted by molar-refractivity contribution is 6.00. The fraction of sp³-hybridized carbons (Fsp3) is 0.469. The number of likely N-dealkylation sites (tertiary alicyclic amines) is 1. The summed E-state index contributed by atoms with van der Waals surface area (Å²) in [7, 11) is 0. The number of amides is 2. The number of fused-ring (bicyclic) bond motifs is 1. The predicted molar refractivity (Wildman–Crippen MR) is 156 cm³/mol. The maximum absolute atomic E-state index is 13.9. The number of alkyl halides is 1. The zero-order chi connectivity index (χ0) is 29.6. The smallest absolute Gasteiger partial charge is 0.374 e. The third kappa shape index (κ3) is 6.50. The van der Waals surface area contributed by atoms with Gasteiger partial charge in [-0.25, -0.2) is 9.18 Å². The summed E-state index contributed by atoms with van der Waals surface area (Å²) in [6, 6.07) is 15.2. The summed E-state index contributed by atoms with van der Waals surface area (Å²) in [5, 5.41) is 12.5. The number of esters is 1. The highest BCUT2D eigenvalue weighted by atomic mass is 19.1. The molecule has 0 bridgehead atoms. The standard InChI is InChI=1S/C32H38FN3O6/c33-19-26(34)21-7-9-22(10-8-21)31(39)36-14-13-25(20-5-2-1-3-6-20)29(36)30(38)35-24-11-12-27-23(17-24)18-28(42-27)32(40)41-16-4-15-37/h1-3,5-6,11-12,17-18,21-22,25-26,29,37H,4,7-10,13-16,19,34H2,(H,35,38)/t21-,22-,25-,26-,29+/m1/s1. The molecule has 3 aromatic rings. The second kappa shape index (κ2) is 13.5. The molecule has 0 unspecified atom stereocenters. The van der Waals surface area contributed by atoms with Crippen LogP contribution in [0.1, 0.15) is 60.6 Å². The van der Waals surface area contributed by atoms with Crippen LogP contribution in [0.2, 0.25) is 0 Å². The molecule has 224 valence electrons. The van der Waals surface area contributed by atoms with E-state index in [1.807, 2.05) is 30.3 Å². The molecule has 0 spiro atoms. The van der Waals surface area contributed by atoms with Gasteiger partial charge in [-0.15, -0.1) is 0 Å². The monoisotopic (exact) mass is 579 g/mol. The zero-order valence-corrected chi connectivity index (χ0v) is 23.5. The lowest BCUT2D eigenvalue weighted by atomic mass is 9.78. The highest BCUT2D eigenvalue weighted by Gasteiger charge is 2.44. The maximum atomic E-state index is 13.9. The van der Waals surface area contributed by atoms with E-state index in [0.29, 0.717) is 61.7 Å². The van der Waals surface area contributed by atoms with Gasteiger partial charge < -0.3 is 30.2 Å². The molecule has 9 nitrogen and oxygen atoms in total. The lowest BCUT2D eigenvalue weighted by molar-refractivity contribution is -0.141. The number of halogens is 1. The molecule has 1 saturated carbocycles. The number of hydrogen-bond acceptors (Lipinski definition) is 7. The number of carbonyl (C=O) groups excluding carboxylic acids is 3. The van der Waals surface area contributed by atoms with Crippen molar-refractivity contribution >= 4 is 34.4 Å². The average molecular weight is 580 g/mol. The molecule has 1 aliphatic heterocycles. The van der Waals surface area contributed by atoms with Gasteiger partial charge in [0.1, 0.15) is 18.3 Å². The van der Waals surface area contributed by atoms with Crippen LogP contribution in [0.15, 0.2) is 59.0 Å². The molecule has 2 heterocycles. The normalized spacial score (nSPS) is 23.1. The Morgan fingerprint density at radius 1 is 1.07 bits per heavy atom. The van der Waals surface area contributed by atoms with Crippen LogP contribution in [-0.4, -0.2) is 66.3 Å². The van der Waals surface area contributed by atoms with Gasteiger partial charge in [-0.3, -0.25) is 9.59 Å². The van der Waals surface area contributed by atoms with Crippen LogP contribution in [0.4, 0.5) is 10.1 Å². The van der Waals surface area contributed by atoms with E-state index >= 15 is 0 Å². The van der Waals surface area contributed by atoms with Crippen molar-refractivity contribution in [2.24, 2.45) is 17.6 Å². The number of nitrogens with one attached hydrogen (secondary N) is 1. The van der Waals surface area contributed by atoms with Gasteiger partial charge in [0.25, 0.3) is 0 Å². The molecule has 1 aromatic heterocycles. The molecule has 5 rings (SSSR count). The molecular weight excluding hydrogens is 541 g/mol. The molecule has 0 radical (unpaired) electrons. The van der Waals surface area contributed by atoms with E-state index in [1.165, 1.54) is 0 Å². The number of benzene rings is 2. The Morgan fingerprint density at radius 3 is 2.55 bits per heavy atom. The number of nitrogens with zero attached hydrogens (tertiary/aromatic N) is 1. The van der Waals surface area contributed by atoms with Crippen LogP contribution < -0.4 is 11.1 Å². The van der Waals surface area contributed by atoms with Gasteiger partial charge in [-0.1, -0.05) is 30.3 Å². The lowest BCUT2D eigenvalue weighted by Crippen LogP contribution is -2.48. The summed E-state index contributed by atoms with van der Waals surface area (Å²) >= 11 is 0. The van der Waals surface area contributed by atoms with Crippen LogP contribution in [0.5, 0.6) is 0 Å². The molecule has 42 heavy (non-hydrogen) atoms. The van der Waals surface area contributed by atoms with E-state index in [2.05, 4.69) is 5.32 Å². The molecule has 1 aliphatic carbocycles. The Kier molecular flexibility index (Phi) is 9.54. The molecular formula is C32H38FN3O6. The number of carbonyl (C=O) groups is 3. The predicted octanol–water partition coefficient (Wildman–Crippen LogP) is 4.40. The fourth-order valence-electron chi connectivity index (χ4n) is 6.31. The molecule has 4 N–H and O–H groups in total. The lowest BCUT2D eigenvalue weighted by Gasteiger charge is -2.35. The number of hydrogen-bond donors (Lipinski definition) is 3. The average Bonchev–Trinajstić information content (AvgIpc) is 3.66. The first-order valence-corrected chi connectivity index (χ1v) is 14.7. The van der Waals surface area contributed by atoms with Gasteiger partial charge >= 0.3 is 5.97 Å². The van der Waals surface area contributed by atoms with E-state index in [9.17, 15) is 18.8 Å². The molecule has 3 atom stereocenters. The van der Waals surface area contributed by atoms with E-state index in [1.54, 1.807) is 29.2 Å². The van der Waals surface area contributed by atoms with Crippen LogP contribution in [0.3, 0.4) is 0 Å². The van der Waals surface area contributed by atoms with Gasteiger partial charge in [0.05, 0.1) is 6.61 Å². The summed E-state index contributed by atoms with van der Waals surface area (Å²) in [6.45, 7) is -0.0820. The van der Waals surface area contributed by atoms with Crippen molar-refractivity contribution in [1.29, 1.82) is 0 Å². The Bertz CT molecular complexity index is 1390. The largest absolute Gasteiger partial charge is 0.460 e. The van der Waals surface area contributed by atoms with Gasteiger partial charge in [-0.2, -0.15) is 0 Å². The van der Waals surface area contributed by atoms with Crippen molar-refractivity contribution in [1.82, 2.24) is 4.90 Å². The number of nitrogens with two attached hydrogens (primary N) is 1. The highest BCUT2D eigenvalue weighted by Crippen LogP contribution is 2.38. The van der Waals surface area contributed by atoms with E-state index < -0.39 is 24.7 Å². The first kappa shape index (κ1) is 29.7. The minimum atomic E-state index is -0.692. The Labute approximate surface area is 244 Å². The van der Waals surface area contributed by atoms with Crippen molar-refractivity contribution in [3.8, 4) is 0 Å². The topological polar surface area (TPSA) is 135 Å². The van der Waals surface area contributed by atoms with E-state index in [0.717, 1.165) is 5.56 Å². The summed E-state index contributed by atoms with van der Waals surface area (Å²) in [4.78, 5) is 41.7. The van der Waals surface area contributed by atoms with Gasteiger partial charge in [0.2, 0.25) is 17.6 Å². The molecule has 2 aliphatic rings. The Hall–Kier alpha value is -3.76. The number of aliphatic hydroxyl groups is 1. The molecule has 1 saturated heterocycles. The number of rotatable bonds is 10. The van der Waals surface area contributed by atoms with E-state index in [4.69, 9.17) is 20.0 Å². The Balaban J connectivity index is 1.33. The summed E-state index contributed by atoms with van der Waals surface area (Å²) in [6.07, 6.45) is 3.69. The second-order valence-electron chi connectivity index (χ2n) is 11.3. The molecule has 2 aromatic carbocycles. The first-order valence-electron chi connectivity index (χ1n) is 14.7. The number of aliphatic hydroxyl groups excluding tert-OH is 1. The SMILES string of the molecule is N[C@H](CF)[C@H]1CC[C@H](C(=O)N2CC[C@H](c3ccccc3)[C@H]2C(=O)Nc2ccc3oc(C(=O)OCCCO)cc3c2)CC1. The molecule has 10 heteroatoms. The zero-order valence-electron chi connectivity index (χ0n) is 23.5. The van der Waals surface area contributed by atoms with Crippen molar-refractivity contribution in [3.63, 3.8) is 0 Å². The molecule has 2 amide bonds. The number of furan rings is 1. The van der Waals surface area contributed by atoms with Gasteiger partial charge in [0.15, 0.2) is 0 Å². The molecule has 2 fully saturated rings. The van der Waals surface area contributed by atoms with Crippen molar-refractivity contribution in [2.45, 2.75) is 56.5 Å². The van der Waals surface area contributed by atoms with Crippen molar-refractivity contribution in [2.75, 3.05) is 31.7 Å². The van der Waals surface area contributed by atoms with Gasteiger partial charge in [0, 0.05) is 48.5 Å². The Morgan fingerprint density at radius 2 is 1.83 bits per heavy atom. The second-order valence-corrected chi connectivity index (χ2v) is 11.3. The van der Waals surface area contributed by atoms with Crippen molar-refractivity contribution in [3.05, 3.63) is 65.9 Å². The minimum absolute atomic E-state index is 0.0320. The van der Waals surface area contributed by atoms with Crippen LogP contribution >= 0.6 is 0 Å². The maximum Gasteiger partial charge on any atom is 0.374 e. The summed E-state index contributed by atoms with van der Waals surface area (Å²) < 4.78 is 23.8. The summed E-state index contributed by atoms with van der Waals surface area (Å²) in [5.41, 5.74) is 7.90. The number of anilines is 1. The third-order valence-corrected chi connectivity index (χ3v) is 8.60. The van der Waals surface area contributed by atoms with Crippen molar-refractivity contribution < 1.29 is 33.0 Å². The number of ether oxygens (including phenoxy) is 1. The fourth-order valence-corrected chi connectivity index (χ4v) is 6.31. The third-order valence-electron chi connectivity index (χ3n) is 8.60.